The van der Waals surface area contributed by atoms with Crippen LogP contribution < -0.4 is 6.15 Å². The molecule has 0 atom stereocenters. The lowest BCUT2D eigenvalue weighted by Crippen LogP contribution is -2.29. The van der Waals surface area contributed by atoms with E-state index in [0.717, 1.165) is 5.69 Å². The molecule has 106 valence electrons. The van der Waals surface area contributed by atoms with E-state index in [1.807, 2.05) is 18.3 Å². The van der Waals surface area contributed by atoms with Crippen molar-refractivity contribution in [1.82, 2.24) is 26.0 Å². The maximum absolute atomic E-state index is 4.50. The van der Waals surface area contributed by atoms with E-state index in [2.05, 4.69) is 33.0 Å². The molecule has 0 aliphatic carbocycles. The van der Waals surface area contributed by atoms with E-state index in [9.17, 15) is 0 Å². The van der Waals surface area contributed by atoms with Gasteiger partial charge in [0.05, 0.1) is 0 Å². The van der Waals surface area contributed by atoms with E-state index in [1.165, 1.54) is 31.5 Å². The molecule has 0 unspecified atom stereocenters. The molecule has 5 nitrogen and oxygen atoms in total. The molecule has 0 radical (unpaired) electrons. The van der Waals surface area contributed by atoms with Gasteiger partial charge in [0.2, 0.25) is 0 Å². The van der Waals surface area contributed by atoms with E-state index in [1.54, 1.807) is 12.4 Å². The molecule has 5 heteroatoms. The molecular formula is C15H21N5. The summed E-state index contributed by atoms with van der Waals surface area (Å²) in [6, 6.07) is 6.02. The highest BCUT2D eigenvalue weighted by Crippen LogP contribution is 2.27. The number of hydrogen-bond acceptors (Lipinski definition) is 5. The smallest absolute Gasteiger partial charge is 0.178 e. The van der Waals surface area contributed by atoms with Crippen molar-refractivity contribution in [3.63, 3.8) is 0 Å². The van der Waals surface area contributed by atoms with Gasteiger partial charge >= 0.3 is 0 Å². The molecule has 1 aliphatic rings. The fraction of sp³-hybridized carbons (Fsp3) is 0.400. The monoisotopic (exact) mass is 271 g/mol. The van der Waals surface area contributed by atoms with Crippen LogP contribution in [0.15, 0.2) is 36.8 Å². The van der Waals surface area contributed by atoms with Gasteiger partial charge in [-0.25, -0.2) is 9.97 Å². The quantitative estimate of drug-likeness (QED) is 0.908. The SMILES string of the molecule is CN1CCC(c2ccc(-c3ncccn3)nc2)CC1.N. The second-order valence-electron chi connectivity index (χ2n) is 5.13. The van der Waals surface area contributed by atoms with Crippen molar-refractivity contribution in [2.45, 2.75) is 18.8 Å². The Morgan fingerprint density at radius 1 is 1.05 bits per heavy atom. The minimum atomic E-state index is 0. The van der Waals surface area contributed by atoms with Crippen molar-refractivity contribution in [3.8, 4) is 11.5 Å². The van der Waals surface area contributed by atoms with Crippen LogP contribution in [0, 0.1) is 0 Å². The Bertz CT molecular complexity index is 518. The van der Waals surface area contributed by atoms with E-state index in [0.29, 0.717) is 11.7 Å². The Labute approximate surface area is 119 Å². The van der Waals surface area contributed by atoms with Crippen molar-refractivity contribution in [2.75, 3.05) is 20.1 Å². The van der Waals surface area contributed by atoms with Crippen molar-refractivity contribution in [2.24, 2.45) is 0 Å². The fourth-order valence-corrected chi connectivity index (χ4v) is 2.55. The number of aromatic nitrogens is 3. The summed E-state index contributed by atoms with van der Waals surface area (Å²) < 4.78 is 0. The van der Waals surface area contributed by atoms with Gasteiger partial charge in [-0.3, -0.25) is 4.98 Å². The lowest BCUT2D eigenvalue weighted by Gasteiger charge is -2.28. The van der Waals surface area contributed by atoms with E-state index in [-0.39, 0.29) is 6.15 Å². The first-order chi connectivity index (χ1) is 9.33. The summed E-state index contributed by atoms with van der Waals surface area (Å²) in [6.45, 7) is 2.35. The summed E-state index contributed by atoms with van der Waals surface area (Å²) in [5.41, 5.74) is 2.19. The average Bonchev–Trinajstić information content (AvgIpc) is 2.49. The summed E-state index contributed by atoms with van der Waals surface area (Å²) in [4.78, 5) is 15.3. The van der Waals surface area contributed by atoms with Gasteiger partial charge < -0.3 is 11.1 Å². The molecule has 0 saturated carbocycles. The number of nitrogens with zero attached hydrogens (tertiary/aromatic N) is 4. The molecule has 3 heterocycles. The third-order valence-corrected chi connectivity index (χ3v) is 3.77. The van der Waals surface area contributed by atoms with Crippen LogP contribution >= 0.6 is 0 Å². The predicted octanol–water partition coefficient (Wildman–Crippen LogP) is 2.51. The normalized spacial score (nSPS) is 16.6. The third kappa shape index (κ3) is 3.18. The molecule has 3 rings (SSSR count). The predicted molar refractivity (Wildman–Crippen MR) is 79.8 cm³/mol. The van der Waals surface area contributed by atoms with Crippen LogP contribution in [-0.4, -0.2) is 40.0 Å². The lowest BCUT2D eigenvalue weighted by atomic mass is 9.90. The zero-order valence-electron chi connectivity index (χ0n) is 11.9. The minimum absolute atomic E-state index is 0. The molecule has 2 aromatic heterocycles. The van der Waals surface area contributed by atoms with Gasteiger partial charge in [-0.15, -0.1) is 0 Å². The van der Waals surface area contributed by atoms with E-state index >= 15 is 0 Å². The summed E-state index contributed by atoms with van der Waals surface area (Å²) in [7, 11) is 2.18. The highest BCUT2D eigenvalue weighted by molar-refractivity contribution is 5.48. The van der Waals surface area contributed by atoms with Gasteiger partial charge in [-0.05, 0) is 56.6 Å². The second-order valence-corrected chi connectivity index (χ2v) is 5.13. The van der Waals surface area contributed by atoms with Crippen LogP contribution in [0.25, 0.3) is 11.5 Å². The lowest BCUT2D eigenvalue weighted by molar-refractivity contribution is 0.255. The number of hydrogen-bond donors (Lipinski definition) is 1. The van der Waals surface area contributed by atoms with Gasteiger partial charge in [0.1, 0.15) is 5.69 Å². The number of piperidine rings is 1. The molecular weight excluding hydrogens is 250 g/mol. The molecule has 1 fully saturated rings. The Kier molecular flexibility index (Phi) is 4.76. The number of rotatable bonds is 2. The average molecular weight is 271 g/mol. The van der Waals surface area contributed by atoms with Crippen molar-refractivity contribution < 1.29 is 0 Å². The molecule has 20 heavy (non-hydrogen) atoms. The first kappa shape index (κ1) is 14.6. The van der Waals surface area contributed by atoms with Gasteiger partial charge in [0.15, 0.2) is 5.82 Å². The summed E-state index contributed by atoms with van der Waals surface area (Å²) in [5.74, 6) is 1.34. The minimum Gasteiger partial charge on any atom is -0.344 e. The van der Waals surface area contributed by atoms with Gasteiger partial charge in [-0.2, -0.15) is 0 Å². The summed E-state index contributed by atoms with van der Waals surface area (Å²) >= 11 is 0. The fourth-order valence-electron chi connectivity index (χ4n) is 2.55. The topological polar surface area (TPSA) is 76.9 Å². The van der Waals surface area contributed by atoms with Crippen LogP contribution in [0.4, 0.5) is 0 Å². The maximum atomic E-state index is 4.50. The van der Waals surface area contributed by atoms with E-state index < -0.39 is 0 Å². The molecule has 0 aromatic carbocycles. The molecule has 1 saturated heterocycles. The molecule has 3 N–H and O–H groups in total. The highest BCUT2D eigenvalue weighted by atomic mass is 15.1. The van der Waals surface area contributed by atoms with Crippen LogP contribution in [0.1, 0.15) is 24.3 Å². The Balaban J connectivity index is 0.00000147. The highest BCUT2D eigenvalue weighted by Gasteiger charge is 2.18. The summed E-state index contributed by atoms with van der Waals surface area (Å²) in [5, 5.41) is 0. The Hall–Kier alpha value is -1.85. The maximum Gasteiger partial charge on any atom is 0.178 e. The van der Waals surface area contributed by atoms with Crippen molar-refractivity contribution in [1.29, 1.82) is 0 Å². The van der Waals surface area contributed by atoms with Crippen LogP contribution in [0.2, 0.25) is 0 Å². The van der Waals surface area contributed by atoms with Crippen LogP contribution in [0.3, 0.4) is 0 Å². The summed E-state index contributed by atoms with van der Waals surface area (Å²) in [6.07, 6.45) is 7.92. The third-order valence-electron chi connectivity index (χ3n) is 3.77. The molecule has 0 bridgehead atoms. The Morgan fingerprint density at radius 3 is 2.35 bits per heavy atom. The van der Waals surface area contributed by atoms with E-state index in [4.69, 9.17) is 0 Å². The zero-order chi connectivity index (χ0) is 13.1. The first-order valence-corrected chi connectivity index (χ1v) is 6.75. The molecule has 1 aliphatic heterocycles. The van der Waals surface area contributed by atoms with Crippen molar-refractivity contribution >= 4 is 0 Å². The number of pyridine rings is 1. The van der Waals surface area contributed by atoms with Gasteiger partial charge in [0.25, 0.3) is 0 Å². The standard InChI is InChI=1S/C15H18N4.H3N/c1-19-9-5-12(6-10-19)13-3-4-14(18-11-13)15-16-7-2-8-17-15;/h2-4,7-8,11-12H,5-6,9-10H2,1H3;1H3. The van der Waals surface area contributed by atoms with Gasteiger partial charge in [-0.1, -0.05) is 6.07 Å². The molecule has 0 amide bonds. The largest absolute Gasteiger partial charge is 0.344 e. The second kappa shape index (κ2) is 6.54. The van der Waals surface area contributed by atoms with Crippen LogP contribution in [-0.2, 0) is 0 Å². The Morgan fingerprint density at radius 2 is 1.75 bits per heavy atom. The first-order valence-electron chi connectivity index (χ1n) is 6.75. The number of likely N-dealkylation sites (tertiary alicyclic amines) is 1. The zero-order valence-corrected chi connectivity index (χ0v) is 11.9. The molecule has 0 spiro atoms. The molecule has 2 aromatic rings. The van der Waals surface area contributed by atoms with Crippen LogP contribution in [0.5, 0.6) is 0 Å². The van der Waals surface area contributed by atoms with Gasteiger partial charge in [0, 0.05) is 18.6 Å². The van der Waals surface area contributed by atoms with Crippen molar-refractivity contribution in [3.05, 3.63) is 42.4 Å².